The summed E-state index contributed by atoms with van der Waals surface area (Å²) in [5.41, 5.74) is 2.39. The van der Waals surface area contributed by atoms with Crippen LogP contribution in [-0.2, 0) is 15.9 Å². The van der Waals surface area contributed by atoms with Crippen molar-refractivity contribution in [3.8, 4) is 0 Å². The van der Waals surface area contributed by atoms with Crippen LogP contribution in [0.1, 0.15) is 33.3 Å². The molecule has 0 aliphatic carbocycles. The second-order valence-electron chi connectivity index (χ2n) is 5.84. The molecule has 2 aliphatic rings. The van der Waals surface area contributed by atoms with E-state index in [9.17, 15) is 0 Å². The summed E-state index contributed by atoms with van der Waals surface area (Å²) < 4.78 is 12.1. The second-order valence-corrected chi connectivity index (χ2v) is 5.84. The molecule has 1 fully saturated rings. The van der Waals surface area contributed by atoms with Crippen molar-refractivity contribution >= 4 is 18.3 Å². The number of hydrogen-bond acceptors (Lipinski definition) is 4. The van der Waals surface area contributed by atoms with E-state index in [-0.39, 0.29) is 18.3 Å². The molecule has 18 heavy (non-hydrogen) atoms. The summed E-state index contributed by atoms with van der Waals surface area (Å²) in [5.74, 6) is 0. The highest BCUT2D eigenvalue weighted by atomic mass is 16.7. The lowest BCUT2D eigenvalue weighted by atomic mass is 9.77. The number of rotatable bonds is 1. The van der Waals surface area contributed by atoms with Gasteiger partial charge in [0.1, 0.15) is 0 Å². The molecule has 0 bridgehead atoms. The van der Waals surface area contributed by atoms with Gasteiger partial charge in [0.2, 0.25) is 0 Å². The number of hydrogen-bond donors (Lipinski definition) is 0. The van der Waals surface area contributed by atoms with Gasteiger partial charge >= 0.3 is 7.12 Å². The summed E-state index contributed by atoms with van der Waals surface area (Å²) in [6.45, 7) is 8.87. The summed E-state index contributed by atoms with van der Waals surface area (Å²) in [4.78, 5) is 0. The molecule has 0 amide bonds. The third-order valence-electron chi connectivity index (χ3n) is 4.07. The average molecular weight is 244 g/mol. The van der Waals surface area contributed by atoms with Gasteiger partial charge in [-0.3, -0.25) is 0 Å². The van der Waals surface area contributed by atoms with Gasteiger partial charge in [-0.2, -0.15) is 10.2 Å². The van der Waals surface area contributed by atoms with Crippen LogP contribution in [0.3, 0.4) is 0 Å². The highest BCUT2D eigenvalue weighted by Crippen LogP contribution is 2.38. The van der Waals surface area contributed by atoms with Crippen molar-refractivity contribution in [2.75, 3.05) is 0 Å². The Kier molecular flexibility index (Phi) is 2.41. The van der Waals surface area contributed by atoms with Crippen LogP contribution in [0.4, 0.5) is 5.69 Å². The van der Waals surface area contributed by atoms with E-state index < -0.39 is 0 Å². The van der Waals surface area contributed by atoms with Gasteiger partial charge in [0.05, 0.1) is 23.4 Å². The van der Waals surface area contributed by atoms with Gasteiger partial charge in [-0.15, -0.1) is 0 Å². The Hall–Kier alpha value is -1.20. The molecule has 0 radical (unpaired) electrons. The number of nitrogens with zero attached hydrogens (tertiary/aromatic N) is 2. The van der Waals surface area contributed by atoms with E-state index >= 15 is 0 Å². The third-order valence-corrected chi connectivity index (χ3v) is 4.07. The molecule has 0 spiro atoms. The quantitative estimate of drug-likeness (QED) is 0.712. The minimum Gasteiger partial charge on any atom is -0.399 e. The van der Waals surface area contributed by atoms with Crippen molar-refractivity contribution in [3.63, 3.8) is 0 Å². The maximum atomic E-state index is 6.05. The van der Waals surface area contributed by atoms with Gasteiger partial charge in [0.25, 0.3) is 0 Å². The number of azo groups is 1. The molecular weight excluding hydrogens is 227 g/mol. The van der Waals surface area contributed by atoms with E-state index in [1.54, 1.807) is 0 Å². The zero-order chi connectivity index (χ0) is 13.0. The van der Waals surface area contributed by atoms with Gasteiger partial charge < -0.3 is 9.31 Å². The van der Waals surface area contributed by atoms with Crippen molar-refractivity contribution in [1.29, 1.82) is 0 Å². The van der Waals surface area contributed by atoms with Crippen LogP contribution in [0.15, 0.2) is 28.4 Å². The molecule has 94 valence electrons. The Labute approximate surface area is 108 Å². The largest absolute Gasteiger partial charge is 0.497 e. The van der Waals surface area contributed by atoms with Crippen LogP contribution in [0.25, 0.3) is 0 Å². The standard InChI is InChI=1S/C13H17BN2O2/c1-12(2)13(3,4)18-14(17-12)10-7-5-6-9-8-15-16-11(9)10/h5-7H,8H2,1-4H3. The molecule has 1 saturated heterocycles. The predicted molar refractivity (Wildman–Crippen MR) is 70.4 cm³/mol. The molecular formula is C13H17BN2O2. The molecule has 0 N–H and O–H groups in total. The molecule has 1 aromatic rings. The van der Waals surface area contributed by atoms with Crippen LogP contribution in [0, 0.1) is 0 Å². The van der Waals surface area contributed by atoms with Crippen molar-refractivity contribution < 1.29 is 9.31 Å². The van der Waals surface area contributed by atoms with Gasteiger partial charge in [0.15, 0.2) is 0 Å². The first-order valence-corrected chi connectivity index (χ1v) is 6.26. The van der Waals surface area contributed by atoms with E-state index in [4.69, 9.17) is 9.31 Å². The topological polar surface area (TPSA) is 43.2 Å². The summed E-state index contributed by atoms with van der Waals surface area (Å²) in [6.07, 6.45) is 0. The van der Waals surface area contributed by atoms with Crippen molar-refractivity contribution in [1.82, 2.24) is 0 Å². The van der Waals surface area contributed by atoms with E-state index in [0.717, 1.165) is 16.7 Å². The molecule has 3 rings (SSSR count). The molecule has 5 heteroatoms. The van der Waals surface area contributed by atoms with Crippen molar-refractivity contribution in [3.05, 3.63) is 23.8 Å². The maximum absolute atomic E-state index is 6.05. The second kappa shape index (κ2) is 3.65. The fourth-order valence-electron chi connectivity index (χ4n) is 2.20. The summed E-state index contributed by atoms with van der Waals surface area (Å²) in [6, 6.07) is 6.06. The Morgan fingerprint density at radius 2 is 1.78 bits per heavy atom. The van der Waals surface area contributed by atoms with Crippen LogP contribution >= 0.6 is 0 Å². The highest BCUT2D eigenvalue weighted by molar-refractivity contribution is 6.63. The van der Waals surface area contributed by atoms with Gasteiger partial charge in [-0.05, 0) is 27.7 Å². The number of benzene rings is 1. The Balaban J connectivity index is 1.99. The van der Waals surface area contributed by atoms with Crippen LogP contribution < -0.4 is 5.46 Å². The molecule has 0 unspecified atom stereocenters. The fourth-order valence-corrected chi connectivity index (χ4v) is 2.20. The zero-order valence-electron chi connectivity index (χ0n) is 11.2. The van der Waals surface area contributed by atoms with Gasteiger partial charge in [0, 0.05) is 11.0 Å². The Bertz CT molecular complexity index is 510. The zero-order valence-corrected chi connectivity index (χ0v) is 11.2. The molecule has 0 aromatic heterocycles. The van der Waals surface area contributed by atoms with Crippen LogP contribution in [-0.4, -0.2) is 18.3 Å². The molecule has 4 nitrogen and oxygen atoms in total. The minimum absolute atomic E-state index is 0.323. The molecule has 1 aromatic carbocycles. The first kappa shape index (κ1) is 11.9. The Morgan fingerprint density at radius 3 is 2.44 bits per heavy atom. The first-order chi connectivity index (χ1) is 8.41. The molecule has 2 heterocycles. The number of fused-ring (bicyclic) bond motifs is 1. The smallest absolute Gasteiger partial charge is 0.399 e. The Morgan fingerprint density at radius 1 is 1.11 bits per heavy atom. The van der Waals surface area contributed by atoms with Crippen LogP contribution in [0.5, 0.6) is 0 Å². The summed E-state index contributed by atoms with van der Waals surface area (Å²) in [7, 11) is -0.359. The third kappa shape index (κ3) is 1.61. The molecule has 2 aliphatic heterocycles. The van der Waals surface area contributed by atoms with E-state index in [1.165, 1.54) is 0 Å². The van der Waals surface area contributed by atoms with Crippen molar-refractivity contribution in [2.45, 2.75) is 45.4 Å². The predicted octanol–water partition coefficient (Wildman–Crippen LogP) is 2.58. The van der Waals surface area contributed by atoms with Gasteiger partial charge in [-0.25, -0.2) is 0 Å². The average Bonchev–Trinajstić information content (AvgIpc) is 2.81. The lowest BCUT2D eigenvalue weighted by Crippen LogP contribution is -2.41. The van der Waals surface area contributed by atoms with Gasteiger partial charge in [-0.1, -0.05) is 18.2 Å². The maximum Gasteiger partial charge on any atom is 0.497 e. The first-order valence-electron chi connectivity index (χ1n) is 6.26. The SMILES string of the molecule is CC1(C)OB(c2cccc3c2N=NC3)OC1(C)C. The van der Waals surface area contributed by atoms with Crippen molar-refractivity contribution in [2.24, 2.45) is 10.2 Å². The molecule has 0 saturated carbocycles. The summed E-state index contributed by atoms with van der Waals surface area (Å²) in [5, 5.41) is 8.27. The highest BCUT2D eigenvalue weighted by Gasteiger charge is 2.52. The minimum atomic E-state index is -0.359. The van der Waals surface area contributed by atoms with E-state index in [2.05, 4.69) is 37.9 Å². The lowest BCUT2D eigenvalue weighted by molar-refractivity contribution is 0.00578. The fraction of sp³-hybridized carbons (Fsp3) is 0.538. The lowest BCUT2D eigenvalue weighted by Gasteiger charge is -2.32. The monoisotopic (exact) mass is 244 g/mol. The van der Waals surface area contributed by atoms with Crippen LogP contribution in [0.2, 0.25) is 0 Å². The van der Waals surface area contributed by atoms with E-state index in [1.807, 2.05) is 18.2 Å². The normalized spacial score (nSPS) is 23.4. The van der Waals surface area contributed by atoms with E-state index in [0.29, 0.717) is 6.54 Å². The summed E-state index contributed by atoms with van der Waals surface area (Å²) >= 11 is 0. The molecule has 0 atom stereocenters.